The van der Waals surface area contributed by atoms with E-state index in [1.165, 1.54) is 30.3 Å². The quantitative estimate of drug-likeness (QED) is 0.552. The molecular weight excluding hydrogens is 371 g/mol. The summed E-state index contributed by atoms with van der Waals surface area (Å²) >= 11 is 3.16. The van der Waals surface area contributed by atoms with E-state index in [2.05, 4.69) is 20.7 Å². The Balaban J connectivity index is 2.21. The third kappa shape index (κ3) is 4.35. The predicted molar refractivity (Wildman–Crippen MR) is 74.0 cm³/mol. The minimum Gasteiger partial charge on any atom is -0.450 e. The number of nitro groups is 1. The Labute approximate surface area is 130 Å². The number of rotatable bonds is 4. The van der Waals surface area contributed by atoms with Crippen molar-refractivity contribution in [2.45, 2.75) is 6.36 Å². The lowest BCUT2D eigenvalue weighted by Crippen LogP contribution is -2.16. The molecule has 9 heteroatoms. The summed E-state index contributed by atoms with van der Waals surface area (Å²) in [5.74, 6) is -0.316. The maximum absolute atomic E-state index is 12.0. The smallest absolute Gasteiger partial charge is 0.450 e. The molecule has 5 nitrogen and oxygen atoms in total. The number of hydrogen-bond donors (Lipinski definition) is 0. The fourth-order valence-electron chi connectivity index (χ4n) is 1.56. The van der Waals surface area contributed by atoms with Crippen LogP contribution in [0.25, 0.3) is 0 Å². The Hall–Kier alpha value is -2.29. The number of nitro benzene ring substituents is 1. The van der Waals surface area contributed by atoms with Gasteiger partial charge in [-0.05, 0) is 30.3 Å². The maximum Gasteiger partial charge on any atom is 0.573 e. The zero-order valence-electron chi connectivity index (χ0n) is 10.6. The Bertz CT molecular complexity index is 689. The monoisotopic (exact) mass is 377 g/mol. The van der Waals surface area contributed by atoms with Crippen molar-refractivity contribution >= 4 is 21.6 Å². The van der Waals surface area contributed by atoms with Crippen LogP contribution in [0.2, 0.25) is 0 Å². The summed E-state index contributed by atoms with van der Waals surface area (Å²) in [7, 11) is 0. The van der Waals surface area contributed by atoms with Gasteiger partial charge in [-0.25, -0.2) is 0 Å². The first-order valence-corrected chi connectivity index (χ1v) is 6.51. The van der Waals surface area contributed by atoms with E-state index in [0.717, 1.165) is 12.1 Å². The van der Waals surface area contributed by atoms with Crippen LogP contribution in [0.1, 0.15) is 0 Å². The second-order valence-electron chi connectivity index (χ2n) is 3.99. The van der Waals surface area contributed by atoms with Crippen LogP contribution in [0.5, 0.6) is 17.2 Å². The molecule has 0 fully saturated rings. The van der Waals surface area contributed by atoms with Gasteiger partial charge in [-0.1, -0.05) is 15.9 Å². The van der Waals surface area contributed by atoms with Crippen molar-refractivity contribution in [2.24, 2.45) is 0 Å². The number of alkyl halides is 3. The summed E-state index contributed by atoms with van der Waals surface area (Å²) < 4.78 is 45.7. The van der Waals surface area contributed by atoms with E-state index in [-0.39, 0.29) is 17.2 Å². The van der Waals surface area contributed by atoms with Gasteiger partial charge in [-0.3, -0.25) is 10.1 Å². The van der Waals surface area contributed by atoms with Gasteiger partial charge in [-0.15, -0.1) is 13.2 Å². The van der Waals surface area contributed by atoms with E-state index in [1.807, 2.05) is 0 Å². The highest BCUT2D eigenvalue weighted by molar-refractivity contribution is 9.10. The lowest BCUT2D eigenvalue weighted by molar-refractivity contribution is -0.385. The van der Waals surface area contributed by atoms with Gasteiger partial charge in [0, 0.05) is 16.6 Å². The van der Waals surface area contributed by atoms with E-state index in [9.17, 15) is 23.3 Å². The minimum atomic E-state index is -4.79. The van der Waals surface area contributed by atoms with Crippen LogP contribution in [0.15, 0.2) is 46.9 Å². The molecule has 0 aliphatic heterocycles. The molecule has 0 bridgehead atoms. The van der Waals surface area contributed by atoms with Gasteiger partial charge in [0.05, 0.1) is 4.92 Å². The second-order valence-corrected chi connectivity index (χ2v) is 4.91. The molecule has 0 aliphatic carbocycles. The van der Waals surface area contributed by atoms with Crippen LogP contribution in [-0.4, -0.2) is 11.3 Å². The van der Waals surface area contributed by atoms with E-state index >= 15 is 0 Å². The fourth-order valence-corrected chi connectivity index (χ4v) is 1.90. The van der Waals surface area contributed by atoms with Crippen molar-refractivity contribution < 1.29 is 27.6 Å². The molecule has 0 heterocycles. The van der Waals surface area contributed by atoms with Crippen LogP contribution in [0.3, 0.4) is 0 Å². The molecule has 0 radical (unpaired) electrons. The molecule has 2 aromatic rings. The number of benzene rings is 2. The third-order valence-electron chi connectivity index (χ3n) is 2.40. The van der Waals surface area contributed by atoms with Gasteiger partial charge >= 0.3 is 12.0 Å². The standard InChI is InChI=1S/C13H7BrF3NO4/c14-8-1-6-11(18(19)20)12(7-8)21-9-2-4-10(5-3-9)22-13(15,16)17/h1-7H. The number of nitrogens with zero attached hydrogens (tertiary/aromatic N) is 1. The van der Waals surface area contributed by atoms with E-state index in [4.69, 9.17) is 4.74 Å². The summed E-state index contributed by atoms with van der Waals surface area (Å²) in [6.45, 7) is 0. The first-order valence-electron chi connectivity index (χ1n) is 5.72. The molecule has 0 saturated carbocycles. The lowest BCUT2D eigenvalue weighted by atomic mass is 10.3. The molecule has 0 saturated heterocycles. The molecule has 22 heavy (non-hydrogen) atoms. The van der Waals surface area contributed by atoms with Crippen molar-refractivity contribution in [2.75, 3.05) is 0 Å². The summed E-state index contributed by atoms with van der Waals surface area (Å²) in [4.78, 5) is 10.3. The molecule has 116 valence electrons. The molecule has 0 spiro atoms. The zero-order chi connectivity index (χ0) is 16.3. The van der Waals surface area contributed by atoms with Crippen molar-refractivity contribution in [1.82, 2.24) is 0 Å². The van der Waals surface area contributed by atoms with Crippen molar-refractivity contribution in [1.29, 1.82) is 0 Å². The number of hydrogen-bond acceptors (Lipinski definition) is 4. The van der Waals surface area contributed by atoms with Gasteiger partial charge in [0.15, 0.2) is 0 Å². The molecule has 0 aromatic heterocycles. The molecular formula is C13H7BrF3NO4. The van der Waals surface area contributed by atoms with Gasteiger partial charge in [0.25, 0.3) is 0 Å². The SMILES string of the molecule is O=[N+]([O-])c1ccc(Br)cc1Oc1ccc(OC(F)(F)F)cc1. The Kier molecular flexibility index (Phi) is 4.55. The Morgan fingerprint density at radius 2 is 1.64 bits per heavy atom. The first kappa shape index (κ1) is 16.1. The molecule has 2 aromatic carbocycles. The third-order valence-corrected chi connectivity index (χ3v) is 2.90. The molecule has 0 atom stereocenters. The first-order chi connectivity index (χ1) is 10.2. The molecule has 0 aliphatic rings. The molecule has 2 rings (SSSR count). The van der Waals surface area contributed by atoms with Gasteiger partial charge in [0.1, 0.15) is 11.5 Å². The molecule has 0 unspecified atom stereocenters. The summed E-state index contributed by atoms with van der Waals surface area (Å²) in [5, 5.41) is 10.9. The van der Waals surface area contributed by atoms with Crippen LogP contribution in [-0.2, 0) is 0 Å². The molecule has 0 amide bonds. The average molecular weight is 378 g/mol. The largest absolute Gasteiger partial charge is 0.573 e. The number of halogens is 4. The van der Waals surface area contributed by atoms with Crippen LogP contribution < -0.4 is 9.47 Å². The highest BCUT2D eigenvalue weighted by Gasteiger charge is 2.31. The van der Waals surface area contributed by atoms with E-state index in [1.54, 1.807) is 0 Å². The highest BCUT2D eigenvalue weighted by Crippen LogP contribution is 2.34. The lowest BCUT2D eigenvalue weighted by Gasteiger charge is -2.10. The van der Waals surface area contributed by atoms with Crippen LogP contribution in [0.4, 0.5) is 18.9 Å². The Morgan fingerprint density at radius 1 is 1.05 bits per heavy atom. The topological polar surface area (TPSA) is 61.6 Å². The van der Waals surface area contributed by atoms with Gasteiger partial charge in [0.2, 0.25) is 5.75 Å². The summed E-state index contributed by atoms with van der Waals surface area (Å²) in [6, 6.07) is 8.64. The molecule has 0 N–H and O–H groups in total. The minimum absolute atomic E-state index is 0.0381. The summed E-state index contributed by atoms with van der Waals surface area (Å²) in [5.41, 5.74) is -0.265. The normalized spacial score (nSPS) is 11.1. The average Bonchev–Trinajstić information content (AvgIpc) is 2.39. The fraction of sp³-hybridized carbons (Fsp3) is 0.0769. The highest BCUT2D eigenvalue weighted by atomic mass is 79.9. The van der Waals surface area contributed by atoms with Crippen molar-refractivity contribution in [3.05, 3.63) is 57.1 Å². The van der Waals surface area contributed by atoms with E-state index < -0.39 is 17.0 Å². The Morgan fingerprint density at radius 3 is 2.18 bits per heavy atom. The van der Waals surface area contributed by atoms with Gasteiger partial charge in [-0.2, -0.15) is 0 Å². The summed E-state index contributed by atoms with van der Waals surface area (Å²) in [6.07, 6.45) is -4.79. The second kappa shape index (κ2) is 6.22. The van der Waals surface area contributed by atoms with Gasteiger partial charge < -0.3 is 9.47 Å². The van der Waals surface area contributed by atoms with E-state index in [0.29, 0.717) is 4.47 Å². The van der Waals surface area contributed by atoms with Crippen molar-refractivity contribution in [3.63, 3.8) is 0 Å². The zero-order valence-corrected chi connectivity index (χ0v) is 12.2. The number of ether oxygens (including phenoxy) is 2. The van der Waals surface area contributed by atoms with Crippen molar-refractivity contribution in [3.8, 4) is 17.2 Å². The maximum atomic E-state index is 12.0. The predicted octanol–water partition coefficient (Wildman–Crippen LogP) is 5.05. The van der Waals surface area contributed by atoms with Crippen LogP contribution in [0, 0.1) is 10.1 Å². The van der Waals surface area contributed by atoms with Crippen LogP contribution >= 0.6 is 15.9 Å².